The summed E-state index contributed by atoms with van der Waals surface area (Å²) < 4.78 is 0. The molecule has 0 amide bonds. The smallest absolute Gasteiger partial charge is 0.156 e. The Morgan fingerprint density at radius 2 is 1.52 bits per heavy atom. The van der Waals surface area contributed by atoms with Gasteiger partial charge in [-0.3, -0.25) is 4.98 Å². The summed E-state index contributed by atoms with van der Waals surface area (Å²) in [5, 5.41) is 20.5. The van der Waals surface area contributed by atoms with Gasteiger partial charge < -0.3 is 20.0 Å². The van der Waals surface area contributed by atoms with Crippen LogP contribution in [0.5, 0.6) is 5.75 Å². The Balaban J connectivity index is 2.11. The molecule has 0 aliphatic carbocycles. The fourth-order valence-electron chi connectivity index (χ4n) is 4.75. The Kier molecular flexibility index (Phi) is 7.09. The van der Waals surface area contributed by atoms with Gasteiger partial charge in [0, 0.05) is 22.9 Å². The van der Waals surface area contributed by atoms with E-state index in [4.69, 9.17) is 4.98 Å². The molecule has 1 aliphatic rings. The molecule has 1 aliphatic heterocycles. The number of aromatic hydroxyl groups is 1. The Morgan fingerprint density at radius 1 is 0.935 bits per heavy atom. The molecule has 0 radical (unpaired) electrons. The number of hydrogen-bond donors (Lipinski definition) is 4. The van der Waals surface area contributed by atoms with Gasteiger partial charge in [0.15, 0.2) is 6.04 Å². The van der Waals surface area contributed by atoms with Crippen LogP contribution < -0.4 is 9.80 Å². The number of phenolic OH excluding ortho intramolecular Hbond substituents is 1. The topological polar surface area (TPSA) is 62.2 Å². The molecule has 2 heterocycles. The monoisotopic (exact) mass is 427 g/mol. The van der Waals surface area contributed by atoms with Crippen LogP contribution in [-0.2, 0) is 10.8 Å². The molecule has 31 heavy (non-hydrogen) atoms. The van der Waals surface area contributed by atoms with Crippen LogP contribution in [-0.4, -0.2) is 54.5 Å². The highest BCUT2D eigenvalue weighted by Crippen LogP contribution is 2.41. The fourth-order valence-corrected chi connectivity index (χ4v) is 4.75. The van der Waals surface area contributed by atoms with Crippen LogP contribution in [0.2, 0.25) is 0 Å². The third-order valence-electron chi connectivity index (χ3n) is 6.54. The van der Waals surface area contributed by atoms with Crippen molar-refractivity contribution in [1.82, 2.24) is 4.98 Å². The SMILES string of the molecule is CC(C)(C)c1cc(C(c2ccccn2)[NH+]2CC[NH+](CCO)CC2)cc(C(C)(C)C)c1O. The lowest BCUT2D eigenvalue weighted by Gasteiger charge is -2.36. The summed E-state index contributed by atoms with van der Waals surface area (Å²) in [6.07, 6.45) is 1.88. The Bertz CT molecular complexity index is 825. The number of aliphatic hydroxyl groups is 1. The van der Waals surface area contributed by atoms with E-state index in [-0.39, 0.29) is 23.5 Å². The van der Waals surface area contributed by atoms with Gasteiger partial charge in [0.2, 0.25) is 0 Å². The van der Waals surface area contributed by atoms with Crippen molar-refractivity contribution in [1.29, 1.82) is 0 Å². The van der Waals surface area contributed by atoms with Crippen LogP contribution in [0.3, 0.4) is 0 Å². The molecule has 1 aromatic heterocycles. The van der Waals surface area contributed by atoms with E-state index in [0.29, 0.717) is 5.75 Å². The first-order chi connectivity index (χ1) is 14.5. The molecule has 170 valence electrons. The zero-order valence-electron chi connectivity index (χ0n) is 20.1. The minimum Gasteiger partial charge on any atom is -0.507 e. The normalized spacial score (nSPS) is 21.1. The molecular formula is C26H41N3O2+2. The van der Waals surface area contributed by atoms with Crippen LogP contribution in [0.1, 0.15) is 70.0 Å². The van der Waals surface area contributed by atoms with E-state index in [2.05, 4.69) is 65.8 Å². The maximum atomic E-state index is 11.2. The highest BCUT2D eigenvalue weighted by Gasteiger charge is 2.35. The predicted octanol–water partition coefficient (Wildman–Crippen LogP) is 1.25. The third-order valence-corrected chi connectivity index (χ3v) is 6.54. The molecule has 0 spiro atoms. The standard InChI is InChI=1S/C26H39N3O2/c1-25(2,3)20-17-19(18-21(24(20)31)26(4,5)6)23(22-9-7-8-10-27-22)29-13-11-28(12-14-29)15-16-30/h7-10,17-18,23,30-31H,11-16H2,1-6H3/p+2. The van der Waals surface area contributed by atoms with E-state index in [1.54, 1.807) is 0 Å². The van der Waals surface area contributed by atoms with Crippen molar-refractivity contribution in [3.8, 4) is 5.75 Å². The van der Waals surface area contributed by atoms with Crippen molar-refractivity contribution in [2.24, 2.45) is 0 Å². The molecule has 3 rings (SSSR count). The maximum absolute atomic E-state index is 11.2. The summed E-state index contributed by atoms with van der Waals surface area (Å²) in [6.45, 7) is 18.2. The first kappa shape index (κ1) is 23.7. The number of nitrogens with zero attached hydrogens (tertiary/aromatic N) is 1. The van der Waals surface area contributed by atoms with Gasteiger partial charge in [-0.15, -0.1) is 0 Å². The summed E-state index contributed by atoms with van der Waals surface area (Å²) in [5.41, 5.74) is 3.99. The molecule has 0 saturated carbocycles. The number of aliphatic hydroxyl groups excluding tert-OH is 1. The Morgan fingerprint density at radius 3 is 1.97 bits per heavy atom. The molecule has 5 heteroatoms. The number of pyridine rings is 1. The summed E-state index contributed by atoms with van der Waals surface area (Å²) >= 11 is 0. The molecule has 1 fully saturated rings. The molecule has 1 unspecified atom stereocenters. The van der Waals surface area contributed by atoms with Crippen LogP contribution in [0.4, 0.5) is 0 Å². The molecule has 1 atom stereocenters. The van der Waals surface area contributed by atoms with Crippen molar-refractivity contribution >= 4 is 0 Å². The van der Waals surface area contributed by atoms with E-state index in [1.807, 2.05) is 12.3 Å². The third kappa shape index (κ3) is 5.46. The number of aromatic nitrogens is 1. The summed E-state index contributed by atoms with van der Waals surface area (Å²) in [6, 6.07) is 10.7. The lowest BCUT2D eigenvalue weighted by atomic mass is 9.77. The fraction of sp³-hybridized carbons (Fsp3) is 0.577. The van der Waals surface area contributed by atoms with E-state index < -0.39 is 0 Å². The number of phenols is 1. The molecule has 1 saturated heterocycles. The Hall–Kier alpha value is -1.95. The van der Waals surface area contributed by atoms with Crippen LogP contribution in [0.15, 0.2) is 36.5 Å². The van der Waals surface area contributed by atoms with Gasteiger partial charge in [0.05, 0.1) is 6.61 Å². The number of nitrogens with one attached hydrogen (secondary N) is 2. The quantitative estimate of drug-likeness (QED) is 0.581. The molecule has 0 bridgehead atoms. The number of quaternary nitrogens is 2. The van der Waals surface area contributed by atoms with E-state index >= 15 is 0 Å². The summed E-state index contributed by atoms with van der Waals surface area (Å²) in [7, 11) is 0. The average molecular weight is 428 g/mol. The van der Waals surface area contributed by atoms with Gasteiger partial charge in [0.1, 0.15) is 44.2 Å². The van der Waals surface area contributed by atoms with Crippen molar-refractivity contribution in [2.75, 3.05) is 39.3 Å². The molecule has 4 N–H and O–H groups in total. The second-order valence-electron chi connectivity index (χ2n) is 11.0. The second kappa shape index (κ2) is 9.27. The zero-order valence-corrected chi connectivity index (χ0v) is 20.1. The molecule has 2 aromatic rings. The van der Waals surface area contributed by atoms with E-state index in [0.717, 1.165) is 49.5 Å². The van der Waals surface area contributed by atoms with Crippen molar-refractivity contribution in [3.63, 3.8) is 0 Å². The minimum atomic E-state index is -0.159. The van der Waals surface area contributed by atoms with E-state index in [1.165, 1.54) is 15.4 Å². The number of hydrogen-bond acceptors (Lipinski definition) is 3. The van der Waals surface area contributed by atoms with Crippen molar-refractivity contribution in [2.45, 2.75) is 58.4 Å². The first-order valence-electron chi connectivity index (χ1n) is 11.6. The second-order valence-corrected chi connectivity index (χ2v) is 11.0. The van der Waals surface area contributed by atoms with Crippen molar-refractivity contribution < 1.29 is 20.0 Å². The van der Waals surface area contributed by atoms with Crippen molar-refractivity contribution in [3.05, 3.63) is 58.9 Å². The average Bonchev–Trinajstić information content (AvgIpc) is 2.70. The van der Waals surface area contributed by atoms with Crippen LogP contribution in [0.25, 0.3) is 0 Å². The lowest BCUT2D eigenvalue weighted by Crippen LogP contribution is -3.28. The predicted molar refractivity (Wildman–Crippen MR) is 125 cm³/mol. The number of benzene rings is 1. The summed E-state index contributed by atoms with van der Waals surface area (Å²) in [4.78, 5) is 7.74. The van der Waals surface area contributed by atoms with Gasteiger partial charge in [-0.2, -0.15) is 0 Å². The zero-order chi connectivity index (χ0) is 22.8. The number of rotatable bonds is 5. The first-order valence-corrected chi connectivity index (χ1v) is 11.6. The molecular weight excluding hydrogens is 386 g/mol. The molecule has 5 nitrogen and oxygen atoms in total. The van der Waals surface area contributed by atoms with Gasteiger partial charge >= 0.3 is 0 Å². The van der Waals surface area contributed by atoms with E-state index in [9.17, 15) is 10.2 Å². The van der Waals surface area contributed by atoms with Crippen LogP contribution in [0, 0.1) is 0 Å². The minimum absolute atomic E-state index is 0.125. The van der Waals surface area contributed by atoms with Gasteiger partial charge in [-0.05, 0) is 35.1 Å². The lowest BCUT2D eigenvalue weighted by molar-refractivity contribution is -1.02. The van der Waals surface area contributed by atoms with Gasteiger partial charge in [-0.25, -0.2) is 0 Å². The maximum Gasteiger partial charge on any atom is 0.156 e. The summed E-state index contributed by atoms with van der Waals surface area (Å²) in [5.74, 6) is 0.427. The van der Waals surface area contributed by atoms with Crippen LogP contribution >= 0.6 is 0 Å². The van der Waals surface area contributed by atoms with Gasteiger partial charge in [-0.1, -0.05) is 47.6 Å². The molecule has 1 aromatic carbocycles. The van der Waals surface area contributed by atoms with Gasteiger partial charge in [0.25, 0.3) is 0 Å². The number of piperazine rings is 1. The highest BCUT2D eigenvalue weighted by atomic mass is 16.3. The highest BCUT2D eigenvalue weighted by molar-refractivity contribution is 5.51. The largest absolute Gasteiger partial charge is 0.507 e. The Labute approximate surface area is 187 Å².